The van der Waals surface area contributed by atoms with Gasteiger partial charge in [0.25, 0.3) is 0 Å². The molecule has 0 saturated heterocycles. The molecule has 2 heteroatoms. The van der Waals surface area contributed by atoms with Gasteiger partial charge in [0, 0.05) is 6.04 Å². The molecule has 2 atom stereocenters. The Hall–Kier alpha value is -1.12. The van der Waals surface area contributed by atoms with Crippen LogP contribution in [0.2, 0.25) is 0 Å². The molecular weight excluding hydrogens is 258 g/mol. The highest BCUT2D eigenvalue weighted by atomic mass is 16.3. The zero-order valence-electron chi connectivity index (χ0n) is 13.4. The summed E-state index contributed by atoms with van der Waals surface area (Å²) in [5, 5.41) is 14.1. The molecule has 0 fully saturated rings. The van der Waals surface area contributed by atoms with Gasteiger partial charge in [-0.2, -0.15) is 0 Å². The predicted molar refractivity (Wildman–Crippen MR) is 89.4 cm³/mol. The average molecular weight is 287 g/mol. The normalized spacial score (nSPS) is 18.1. The Labute approximate surface area is 129 Å². The third-order valence-corrected chi connectivity index (χ3v) is 4.48. The summed E-state index contributed by atoms with van der Waals surface area (Å²) >= 11 is 0. The molecule has 1 aromatic rings. The van der Waals surface area contributed by atoms with Crippen molar-refractivity contribution < 1.29 is 5.11 Å². The van der Waals surface area contributed by atoms with Gasteiger partial charge in [0.2, 0.25) is 0 Å². The van der Waals surface area contributed by atoms with Crippen molar-refractivity contribution >= 4 is 0 Å². The van der Waals surface area contributed by atoms with Crippen molar-refractivity contribution in [1.82, 2.24) is 5.32 Å². The van der Waals surface area contributed by atoms with E-state index in [0.717, 1.165) is 24.9 Å². The van der Waals surface area contributed by atoms with E-state index in [-0.39, 0.29) is 6.04 Å². The van der Waals surface area contributed by atoms with Crippen molar-refractivity contribution in [3.8, 4) is 0 Å². The third-order valence-electron chi connectivity index (χ3n) is 4.48. The number of benzene rings is 1. The maximum Gasteiger partial charge on any atom is 0.0942 e. The summed E-state index contributed by atoms with van der Waals surface area (Å²) in [6.07, 6.45) is 9.25. The van der Waals surface area contributed by atoms with Crippen LogP contribution in [0.1, 0.15) is 62.7 Å². The van der Waals surface area contributed by atoms with Gasteiger partial charge in [-0.25, -0.2) is 0 Å². The Morgan fingerprint density at radius 2 is 1.95 bits per heavy atom. The molecule has 2 unspecified atom stereocenters. The number of hydrogen-bond acceptors (Lipinski definition) is 2. The largest absolute Gasteiger partial charge is 0.387 e. The molecule has 21 heavy (non-hydrogen) atoms. The lowest BCUT2D eigenvalue weighted by atomic mass is 9.96. The quantitative estimate of drug-likeness (QED) is 0.733. The van der Waals surface area contributed by atoms with Crippen LogP contribution >= 0.6 is 0 Å². The van der Waals surface area contributed by atoms with Crippen LogP contribution in [0.25, 0.3) is 0 Å². The second-order valence-electron chi connectivity index (χ2n) is 6.18. The van der Waals surface area contributed by atoms with Crippen LogP contribution in [0.3, 0.4) is 0 Å². The molecule has 1 aromatic carbocycles. The van der Waals surface area contributed by atoms with Crippen LogP contribution in [0.15, 0.2) is 35.9 Å². The SMILES string of the molecule is CCC(NCCC1=CCCCC1)C(O)c1ccc(C)cc1. The number of rotatable bonds is 7. The fourth-order valence-corrected chi connectivity index (χ4v) is 3.02. The van der Waals surface area contributed by atoms with E-state index in [9.17, 15) is 5.11 Å². The summed E-state index contributed by atoms with van der Waals surface area (Å²) in [5.74, 6) is 0. The maximum atomic E-state index is 10.5. The van der Waals surface area contributed by atoms with E-state index in [1.807, 2.05) is 12.1 Å². The van der Waals surface area contributed by atoms with Crippen molar-refractivity contribution in [2.24, 2.45) is 0 Å². The molecule has 1 aliphatic rings. The number of aryl methyl sites for hydroxylation is 1. The summed E-state index contributed by atoms with van der Waals surface area (Å²) in [6.45, 7) is 5.17. The molecule has 2 N–H and O–H groups in total. The molecule has 0 heterocycles. The Morgan fingerprint density at radius 1 is 1.19 bits per heavy atom. The van der Waals surface area contributed by atoms with Crippen molar-refractivity contribution in [3.05, 3.63) is 47.0 Å². The lowest BCUT2D eigenvalue weighted by molar-refractivity contribution is 0.126. The summed E-state index contributed by atoms with van der Waals surface area (Å²) in [6, 6.07) is 8.34. The van der Waals surface area contributed by atoms with Crippen molar-refractivity contribution in [2.75, 3.05) is 6.54 Å². The summed E-state index contributed by atoms with van der Waals surface area (Å²) < 4.78 is 0. The van der Waals surface area contributed by atoms with Crippen LogP contribution in [0.5, 0.6) is 0 Å². The van der Waals surface area contributed by atoms with Crippen LogP contribution in [-0.4, -0.2) is 17.7 Å². The minimum Gasteiger partial charge on any atom is -0.387 e. The molecule has 1 aliphatic carbocycles. The molecule has 0 aromatic heterocycles. The van der Waals surface area contributed by atoms with Gasteiger partial charge in [-0.3, -0.25) is 0 Å². The molecule has 0 saturated carbocycles. The molecular formula is C19H29NO. The first-order chi connectivity index (χ1) is 10.2. The number of aliphatic hydroxyl groups is 1. The minimum absolute atomic E-state index is 0.136. The van der Waals surface area contributed by atoms with Crippen molar-refractivity contribution in [1.29, 1.82) is 0 Å². The molecule has 2 nitrogen and oxygen atoms in total. The monoisotopic (exact) mass is 287 g/mol. The predicted octanol–water partition coefficient (Wildman–Crippen LogP) is 4.29. The van der Waals surface area contributed by atoms with Gasteiger partial charge in [-0.15, -0.1) is 0 Å². The first-order valence-corrected chi connectivity index (χ1v) is 8.36. The molecule has 0 spiro atoms. The summed E-state index contributed by atoms with van der Waals surface area (Å²) in [7, 11) is 0. The number of hydrogen-bond donors (Lipinski definition) is 2. The zero-order valence-corrected chi connectivity index (χ0v) is 13.4. The second-order valence-corrected chi connectivity index (χ2v) is 6.18. The highest BCUT2D eigenvalue weighted by Gasteiger charge is 2.18. The van der Waals surface area contributed by atoms with Gasteiger partial charge in [0.05, 0.1) is 6.10 Å². The number of allylic oxidation sites excluding steroid dienone is 1. The Bertz CT molecular complexity index is 449. The van der Waals surface area contributed by atoms with Gasteiger partial charge in [-0.1, -0.05) is 48.4 Å². The van der Waals surface area contributed by atoms with Crippen LogP contribution < -0.4 is 5.32 Å². The first-order valence-electron chi connectivity index (χ1n) is 8.36. The van der Waals surface area contributed by atoms with E-state index in [1.165, 1.54) is 31.2 Å². The molecule has 0 amide bonds. The maximum absolute atomic E-state index is 10.5. The first kappa shape index (κ1) is 16.3. The highest BCUT2D eigenvalue weighted by Crippen LogP contribution is 2.21. The van der Waals surface area contributed by atoms with E-state index in [2.05, 4.69) is 37.4 Å². The van der Waals surface area contributed by atoms with Gasteiger partial charge in [0.15, 0.2) is 0 Å². The average Bonchev–Trinajstić information content (AvgIpc) is 2.53. The third kappa shape index (κ3) is 4.98. The molecule has 2 rings (SSSR count). The lowest BCUT2D eigenvalue weighted by Gasteiger charge is -2.24. The van der Waals surface area contributed by atoms with E-state index in [4.69, 9.17) is 0 Å². The second kappa shape index (κ2) is 8.35. The Kier molecular flexibility index (Phi) is 6.47. The molecule has 116 valence electrons. The topological polar surface area (TPSA) is 32.3 Å². The van der Waals surface area contributed by atoms with E-state index < -0.39 is 6.10 Å². The number of nitrogens with one attached hydrogen (secondary N) is 1. The van der Waals surface area contributed by atoms with Crippen molar-refractivity contribution in [3.63, 3.8) is 0 Å². The van der Waals surface area contributed by atoms with Gasteiger partial charge >= 0.3 is 0 Å². The Balaban J connectivity index is 1.84. The highest BCUT2D eigenvalue weighted by molar-refractivity contribution is 5.24. The Morgan fingerprint density at radius 3 is 2.57 bits per heavy atom. The fraction of sp³-hybridized carbons (Fsp3) is 0.579. The zero-order chi connectivity index (χ0) is 15.1. The van der Waals surface area contributed by atoms with Gasteiger partial charge < -0.3 is 10.4 Å². The molecule has 0 bridgehead atoms. The fourth-order valence-electron chi connectivity index (χ4n) is 3.02. The van der Waals surface area contributed by atoms with E-state index in [0.29, 0.717) is 0 Å². The van der Waals surface area contributed by atoms with E-state index >= 15 is 0 Å². The summed E-state index contributed by atoms with van der Waals surface area (Å²) in [4.78, 5) is 0. The smallest absolute Gasteiger partial charge is 0.0942 e. The summed E-state index contributed by atoms with van der Waals surface area (Å²) in [5.41, 5.74) is 3.83. The van der Waals surface area contributed by atoms with Gasteiger partial charge in [-0.05, 0) is 57.6 Å². The molecule has 0 aliphatic heterocycles. The molecule has 0 radical (unpaired) electrons. The van der Waals surface area contributed by atoms with Crippen LogP contribution in [-0.2, 0) is 0 Å². The van der Waals surface area contributed by atoms with E-state index in [1.54, 1.807) is 5.57 Å². The van der Waals surface area contributed by atoms with Crippen LogP contribution in [0.4, 0.5) is 0 Å². The minimum atomic E-state index is -0.420. The van der Waals surface area contributed by atoms with Gasteiger partial charge in [0.1, 0.15) is 0 Å². The lowest BCUT2D eigenvalue weighted by Crippen LogP contribution is -2.35. The van der Waals surface area contributed by atoms with Crippen LogP contribution in [0, 0.1) is 6.92 Å². The van der Waals surface area contributed by atoms with Crippen molar-refractivity contribution in [2.45, 2.75) is 64.5 Å². The standard InChI is InChI=1S/C19H29NO/c1-3-18(19(21)17-11-9-15(2)10-12-17)20-14-13-16-7-5-4-6-8-16/h7,9-12,18-21H,3-6,8,13-14H2,1-2H3. The number of aliphatic hydroxyl groups excluding tert-OH is 1.